The van der Waals surface area contributed by atoms with Crippen LogP contribution in [0.25, 0.3) is 10.6 Å². The first-order valence-electron chi connectivity index (χ1n) is 6.15. The number of rotatable bonds is 4. The van der Waals surface area contributed by atoms with Crippen molar-refractivity contribution in [1.29, 1.82) is 0 Å². The number of nitrogens with zero attached hydrogens (tertiary/aromatic N) is 3. The summed E-state index contributed by atoms with van der Waals surface area (Å²) in [5.41, 5.74) is 4.99. The maximum atomic E-state index is 4.15. The molecule has 3 aromatic rings. The van der Waals surface area contributed by atoms with Gasteiger partial charge in [-0.1, -0.05) is 72.0 Å². The molecular formula is C15H12N4S. The fraction of sp³-hybridized carbons (Fsp3) is 0. The number of hydrogen-bond acceptors (Lipinski definition) is 5. The smallest absolute Gasteiger partial charge is 0.226 e. The van der Waals surface area contributed by atoms with Gasteiger partial charge in [0.25, 0.3) is 0 Å². The largest absolute Gasteiger partial charge is 0.251 e. The summed E-state index contributed by atoms with van der Waals surface area (Å²) in [6, 6.07) is 19.9. The van der Waals surface area contributed by atoms with Crippen molar-refractivity contribution in [2.75, 3.05) is 5.43 Å². The molecule has 5 heteroatoms. The van der Waals surface area contributed by atoms with Crippen LogP contribution in [0.15, 0.2) is 65.8 Å². The Bertz CT molecular complexity index is 692. The van der Waals surface area contributed by atoms with Gasteiger partial charge in [0.15, 0.2) is 0 Å². The fourth-order valence-corrected chi connectivity index (χ4v) is 2.37. The van der Waals surface area contributed by atoms with E-state index in [0.29, 0.717) is 5.13 Å². The molecule has 0 saturated heterocycles. The van der Waals surface area contributed by atoms with Crippen LogP contribution < -0.4 is 5.43 Å². The molecule has 98 valence electrons. The number of benzene rings is 2. The summed E-state index contributed by atoms with van der Waals surface area (Å²) in [6.07, 6.45) is 1.75. The summed E-state index contributed by atoms with van der Waals surface area (Å²) in [7, 11) is 0. The van der Waals surface area contributed by atoms with Crippen LogP contribution in [0.5, 0.6) is 0 Å². The monoisotopic (exact) mass is 280 g/mol. The highest BCUT2D eigenvalue weighted by atomic mass is 32.1. The summed E-state index contributed by atoms with van der Waals surface area (Å²) >= 11 is 1.47. The van der Waals surface area contributed by atoms with Gasteiger partial charge in [-0.3, -0.25) is 5.43 Å². The summed E-state index contributed by atoms with van der Waals surface area (Å²) in [5.74, 6) is 0. The molecule has 2 aromatic carbocycles. The zero-order chi connectivity index (χ0) is 13.6. The van der Waals surface area contributed by atoms with Crippen LogP contribution in [-0.2, 0) is 0 Å². The third-order valence-corrected chi connectivity index (χ3v) is 3.50. The Morgan fingerprint density at radius 1 is 0.900 bits per heavy atom. The van der Waals surface area contributed by atoms with Gasteiger partial charge in [-0.25, -0.2) is 0 Å². The van der Waals surface area contributed by atoms with Crippen molar-refractivity contribution < 1.29 is 0 Å². The van der Waals surface area contributed by atoms with Gasteiger partial charge in [0.2, 0.25) is 5.13 Å². The van der Waals surface area contributed by atoms with Gasteiger partial charge in [-0.2, -0.15) is 5.10 Å². The topological polar surface area (TPSA) is 50.2 Å². The van der Waals surface area contributed by atoms with E-state index in [1.165, 1.54) is 11.3 Å². The van der Waals surface area contributed by atoms with Gasteiger partial charge in [-0.15, -0.1) is 10.2 Å². The van der Waals surface area contributed by atoms with Crippen molar-refractivity contribution in [3.63, 3.8) is 0 Å². The van der Waals surface area contributed by atoms with E-state index in [9.17, 15) is 0 Å². The third-order valence-electron chi connectivity index (χ3n) is 2.62. The summed E-state index contributed by atoms with van der Waals surface area (Å²) in [5, 5.41) is 13.9. The molecule has 4 nitrogen and oxygen atoms in total. The van der Waals surface area contributed by atoms with Gasteiger partial charge in [0, 0.05) is 5.56 Å². The van der Waals surface area contributed by atoms with Crippen molar-refractivity contribution >= 4 is 22.7 Å². The van der Waals surface area contributed by atoms with Gasteiger partial charge < -0.3 is 0 Å². The van der Waals surface area contributed by atoms with Crippen molar-refractivity contribution in [2.24, 2.45) is 5.10 Å². The molecular weight excluding hydrogens is 268 g/mol. The lowest BCUT2D eigenvalue weighted by Crippen LogP contribution is -1.89. The molecule has 20 heavy (non-hydrogen) atoms. The first-order valence-corrected chi connectivity index (χ1v) is 6.96. The van der Waals surface area contributed by atoms with E-state index in [1.54, 1.807) is 6.21 Å². The van der Waals surface area contributed by atoms with E-state index in [0.717, 1.165) is 16.1 Å². The summed E-state index contributed by atoms with van der Waals surface area (Å²) in [6.45, 7) is 0. The van der Waals surface area contributed by atoms with Crippen LogP contribution in [0, 0.1) is 0 Å². The van der Waals surface area contributed by atoms with E-state index in [4.69, 9.17) is 0 Å². The van der Waals surface area contributed by atoms with Gasteiger partial charge >= 0.3 is 0 Å². The lowest BCUT2D eigenvalue weighted by Gasteiger charge is -1.93. The molecule has 0 aliphatic rings. The van der Waals surface area contributed by atoms with Crippen LogP contribution in [-0.4, -0.2) is 16.4 Å². The molecule has 0 atom stereocenters. The quantitative estimate of drug-likeness (QED) is 0.586. The SMILES string of the molecule is C(=N\Nc1nnc(-c2ccccc2)s1)/c1ccccc1. The van der Waals surface area contributed by atoms with Gasteiger partial charge in [-0.05, 0) is 5.56 Å². The van der Waals surface area contributed by atoms with Crippen LogP contribution in [0.3, 0.4) is 0 Å². The predicted octanol–water partition coefficient (Wildman–Crippen LogP) is 3.65. The second-order valence-corrected chi connectivity index (χ2v) is 5.04. The highest BCUT2D eigenvalue weighted by Crippen LogP contribution is 2.25. The minimum Gasteiger partial charge on any atom is -0.251 e. The molecule has 1 N–H and O–H groups in total. The molecule has 1 aromatic heterocycles. The highest BCUT2D eigenvalue weighted by Gasteiger charge is 2.04. The Morgan fingerprint density at radius 3 is 2.35 bits per heavy atom. The maximum Gasteiger partial charge on any atom is 0.226 e. The molecule has 0 bridgehead atoms. The molecule has 0 amide bonds. The molecule has 0 unspecified atom stereocenters. The predicted molar refractivity (Wildman–Crippen MR) is 83.0 cm³/mol. The molecule has 0 aliphatic heterocycles. The van der Waals surface area contributed by atoms with Crippen molar-refractivity contribution in [2.45, 2.75) is 0 Å². The molecule has 0 spiro atoms. The Hall–Kier alpha value is -2.53. The zero-order valence-corrected chi connectivity index (χ0v) is 11.4. The Balaban J connectivity index is 1.68. The summed E-state index contributed by atoms with van der Waals surface area (Å²) in [4.78, 5) is 0. The fourth-order valence-electron chi connectivity index (χ4n) is 1.67. The lowest BCUT2D eigenvalue weighted by atomic mass is 10.2. The van der Waals surface area contributed by atoms with Crippen molar-refractivity contribution in [1.82, 2.24) is 10.2 Å². The van der Waals surface area contributed by atoms with Gasteiger partial charge in [0.05, 0.1) is 6.21 Å². The Morgan fingerprint density at radius 2 is 1.60 bits per heavy atom. The molecule has 0 fully saturated rings. The maximum absolute atomic E-state index is 4.15. The Kier molecular flexibility index (Phi) is 3.80. The zero-order valence-electron chi connectivity index (χ0n) is 10.6. The number of nitrogens with one attached hydrogen (secondary N) is 1. The van der Waals surface area contributed by atoms with Crippen LogP contribution in [0.1, 0.15) is 5.56 Å². The molecule has 1 heterocycles. The molecule has 0 radical (unpaired) electrons. The lowest BCUT2D eigenvalue weighted by molar-refractivity contribution is 1.08. The van der Waals surface area contributed by atoms with Gasteiger partial charge in [0.1, 0.15) is 5.01 Å². The van der Waals surface area contributed by atoms with E-state index in [2.05, 4.69) is 20.7 Å². The molecule has 3 rings (SSSR count). The average molecular weight is 280 g/mol. The number of hydrogen-bond donors (Lipinski definition) is 1. The van der Waals surface area contributed by atoms with Crippen molar-refractivity contribution in [3.8, 4) is 10.6 Å². The summed E-state index contributed by atoms with van der Waals surface area (Å²) < 4.78 is 0. The minimum atomic E-state index is 0.677. The van der Waals surface area contributed by atoms with E-state index in [-0.39, 0.29) is 0 Å². The standard InChI is InChI=1S/C15H12N4S/c1-3-7-12(8-4-1)11-16-18-15-19-17-14(20-15)13-9-5-2-6-10-13/h1-11H,(H,18,19)/b16-11+. The highest BCUT2D eigenvalue weighted by molar-refractivity contribution is 7.18. The second-order valence-electron chi connectivity index (χ2n) is 4.06. The van der Waals surface area contributed by atoms with E-state index < -0.39 is 0 Å². The van der Waals surface area contributed by atoms with Crippen molar-refractivity contribution in [3.05, 3.63) is 66.2 Å². The number of aromatic nitrogens is 2. The average Bonchev–Trinajstić information content (AvgIpc) is 2.98. The molecule has 0 saturated carbocycles. The van der Waals surface area contributed by atoms with Crippen LogP contribution in [0.2, 0.25) is 0 Å². The van der Waals surface area contributed by atoms with E-state index in [1.807, 2.05) is 60.7 Å². The first-order chi connectivity index (χ1) is 9.92. The normalized spacial score (nSPS) is 10.8. The van der Waals surface area contributed by atoms with Crippen LogP contribution >= 0.6 is 11.3 Å². The van der Waals surface area contributed by atoms with E-state index >= 15 is 0 Å². The minimum absolute atomic E-state index is 0.677. The number of hydrazone groups is 1. The first kappa shape index (κ1) is 12.5. The second kappa shape index (κ2) is 6.08. The number of anilines is 1. The Labute approximate surface area is 120 Å². The van der Waals surface area contributed by atoms with Crippen LogP contribution in [0.4, 0.5) is 5.13 Å². The third kappa shape index (κ3) is 3.07. The molecule has 0 aliphatic carbocycles.